The third kappa shape index (κ3) is 3.74. The summed E-state index contributed by atoms with van der Waals surface area (Å²) < 4.78 is 7.67. The molecule has 1 saturated heterocycles. The van der Waals surface area contributed by atoms with Crippen molar-refractivity contribution in [3.05, 3.63) is 54.2 Å². The van der Waals surface area contributed by atoms with Gasteiger partial charge in [-0.2, -0.15) is 0 Å². The standard InChI is InChI=1S/C23H26N6O2/c1-15(28-10-9-18(24)14-28)17-6-8-21-26-27-23(29(21)13-17)19-7-5-16-3-2-4-20(22(16)25-19)31-12-11-30/h2-8,13,15,18,30H,9-12,14,24H2,1H3/t15-,18-/m0/s1. The second-order valence-corrected chi connectivity index (χ2v) is 8.03. The van der Waals surface area contributed by atoms with Gasteiger partial charge >= 0.3 is 0 Å². The number of aromatic nitrogens is 4. The van der Waals surface area contributed by atoms with Crippen LogP contribution in [0.4, 0.5) is 0 Å². The normalized spacial score (nSPS) is 18.1. The fourth-order valence-electron chi connectivity index (χ4n) is 4.22. The van der Waals surface area contributed by atoms with E-state index in [2.05, 4.69) is 34.3 Å². The van der Waals surface area contributed by atoms with Crippen molar-refractivity contribution in [3.8, 4) is 17.3 Å². The Bertz CT molecular complexity index is 1220. The quantitative estimate of drug-likeness (QED) is 0.496. The van der Waals surface area contributed by atoms with Crippen LogP contribution in [0.25, 0.3) is 28.1 Å². The predicted molar refractivity (Wildman–Crippen MR) is 119 cm³/mol. The fourth-order valence-corrected chi connectivity index (χ4v) is 4.22. The molecule has 4 heterocycles. The van der Waals surface area contributed by atoms with Crippen molar-refractivity contribution >= 4 is 16.6 Å². The van der Waals surface area contributed by atoms with Crippen molar-refractivity contribution in [1.29, 1.82) is 0 Å². The van der Waals surface area contributed by atoms with E-state index in [0.717, 1.165) is 36.1 Å². The molecule has 3 N–H and O–H groups in total. The van der Waals surface area contributed by atoms with Crippen LogP contribution >= 0.6 is 0 Å². The number of para-hydroxylation sites is 1. The predicted octanol–water partition coefficient (Wildman–Crippen LogP) is 2.41. The average Bonchev–Trinajstić information content (AvgIpc) is 3.42. The fraction of sp³-hybridized carbons (Fsp3) is 0.348. The van der Waals surface area contributed by atoms with E-state index in [-0.39, 0.29) is 25.3 Å². The summed E-state index contributed by atoms with van der Waals surface area (Å²) in [5, 5.41) is 18.8. The Kier molecular flexibility index (Phi) is 5.27. The Labute approximate surface area is 180 Å². The van der Waals surface area contributed by atoms with Crippen molar-refractivity contribution in [2.24, 2.45) is 5.73 Å². The highest BCUT2D eigenvalue weighted by Crippen LogP contribution is 2.29. The minimum absolute atomic E-state index is 0.0478. The second-order valence-electron chi connectivity index (χ2n) is 8.03. The van der Waals surface area contributed by atoms with Crippen LogP contribution in [-0.2, 0) is 0 Å². The monoisotopic (exact) mass is 418 g/mol. The van der Waals surface area contributed by atoms with Crippen LogP contribution in [0.5, 0.6) is 5.75 Å². The summed E-state index contributed by atoms with van der Waals surface area (Å²) in [6, 6.07) is 14.3. The van der Waals surface area contributed by atoms with Crippen molar-refractivity contribution < 1.29 is 9.84 Å². The molecule has 31 heavy (non-hydrogen) atoms. The number of benzene rings is 1. The summed E-state index contributed by atoms with van der Waals surface area (Å²) in [6.07, 6.45) is 3.13. The molecular weight excluding hydrogens is 392 g/mol. The first kappa shape index (κ1) is 19.9. The summed E-state index contributed by atoms with van der Waals surface area (Å²) in [5.41, 5.74) is 9.52. The first-order valence-corrected chi connectivity index (χ1v) is 10.6. The lowest BCUT2D eigenvalue weighted by Crippen LogP contribution is -2.28. The van der Waals surface area contributed by atoms with Crippen molar-refractivity contribution in [2.75, 3.05) is 26.3 Å². The topological polar surface area (TPSA) is 102 Å². The number of likely N-dealkylation sites (tertiary alicyclic amines) is 1. The Hall–Kier alpha value is -3.07. The van der Waals surface area contributed by atoms with Crippen molar-refractivity contribution in [3.63, 3.8) is 0 Å². The highest BCUT2D eigenvalue weighted by Gasteiger charge is 2.25. The van der Waals surface area contributed by atoms with Gasteiger partial charge in [-0.3, -0.25) is 9.30 Å². The molecule has 0 bridgehead atoms. The van der Waals surface area contributed by atoms with E-state index in [9.17, 15) is 0 Å². The number of hydrogen-bond donors (Lipinski definition) is 2. The van der Waals surface area contributed by atoms with Crippen molar-refractivity contribution in [1.82, 2.24) is 24.5 Å². The molecule has 8 nitrogen and oxygen atoms in total. The van der Waals surface area contributed by atoms with Gasteiger partial charge in [-0.05, 0) is 37.1 Å². The van der Waals surface area contributed by atoms with Crippen LogP contribution in [0.3, 0.4) is 0 Å². The molecule has 0 amide bonds. The van der Waals surface area contributed by atoms with E-state index in [1.54, 1.807) is 0 Å². The largest absolute Gasteiger partial charge is 0.489 e. The van der Waals surface area contributed by atoms with Gasteiger partial charge in [-0.25, -0.2) is 4.98 Å². The van der Waals surface area contributed by atoms with Gasteiger partial charge in [0.1, 0.15) is 23.6 Å². The Morgan fingerprint density at radius 2 is 2.10 bits per heavy atom. The minimum atomic E-state index is -0.0478. The number of fused-ring (bicyclic) bond motifs is 2. The molecule has 1 aliphatic rings. The first-order valence-electron chi connectivity index (χ1n) is 10.6. The van der Waals surface area contributed by atoms with Crippen LogP contribution in [-0.4, -0.2) is 61.9 Å². The molecule has 5 rings (SSSR count). The summed E-state index contributed by atoms with van der Waals surface area (Å²) in [6.45, 7) is 4.31. The lowest BCUT2D eigenvalue weighted by Gasteiger charge is -2.24. The second kappa shape index (κ2) is 8.22. The summed E-state index contributed by atoms with van der Waals surface area (Å²) in [7, 11) is 0. The molecule has 0 radical (unpaired) electrons. The number of nitrogens with zero attached hydrogens (tertiary/aromatic N) is 5. The van der Waals surface area contributed by atoms with Gasteiger partial charge in [0.05, 0.1) is 6.61 Å². The van der Waals surface area contributed by atoms with E-state index in [1.165, 1.54) is 5.56 Å². The smallest absolute Gasteiger partial charge is 0.187 e. The van der Waals surface area contributed by atoms with Gasteiger partial charge in [-0.1, -0.05) is 24.3 Å². The highest BCUT2D eigenvalue weighted by molar-refractivity contribution is 5.86. The third-order valence-electron chi connectivity index (χ3n) is 5.97. The summed E-state index contributed by atoms with van der Waals surface area (Å²) in [4.78, 5) is 7.24. The zero-order valence-electron chi connectivity index (χ0n) is 17.5. The average molecular weight is 419 g/mol. The van der Waals surface area contributed by atoms with E-state index >= 15 is 0 Å². The number of rotatable bonds is 6. The molecule has 160 valence electrons. The zero-order valence-corrected chi connectivity index (χ0v) is 17.5. The van der Waals surface area contributed by atoms with Gasteiger partial charge in [0.25, 0.3) is 0 Å². The summed E-state index contributed by atoms with van der Waals surface area (Å²) >= 11 is 0. The number of hydrogen-bond acceptors (Lipinski definition) is 7. The Morgan fingerprint density at radius 1 is 1.19 bits per heavy atom. The summed E-state index contributed by atoms with van der Waals surface area (Å²) in [5.74, 6) is 1.32. The highest BCUT2D eigenvalue weighted by atomic mass is 16.5. The number of aliphatic hydroxyl groups excluding tert-OH is 1. The molecule has 4 aromatic rings. The van der Waals surface area contributed by atoms with E-state index in [0.29, 0.717) is 17.3 Å². The van der Waals surface area contributed by atoms with Gasteiger partial charge in [-0.15, -0.1) is 10.2 Å². The Morgan fingerprint density at radius 3 is 2.90 bits per heavy atom. The maximum Gasteiger partial charge on any atom is 0.187 e. The molecule has 0 aliphatic carbocycles. The van der Waals surface area contributed by atoms with Gasteiger partial charge < -0.3 is 15.6 Å². The molecule has 3 aromatic heterocycles. The number of aliphatic hydroxyl groups is 1. The molecule has 0 spiro atoms. The lowest BCUT2D eigenvalue weighted by molar-refractivity contribution is 0.202. The van der Waals surface area contributed by atoms with Gasteiger partial charge in [0.15, 0.2) is 11.5 Å². The van der Waals surface area contributed by atoms with E-state index in [4.69, 9.17) is 20.6 Å². The SMILES string of the molecule is C[C@@H](c1ccc2nnc(-c3ccc4cccc(OCCO)c4n3)n2c1)N1CC[C@H](N)C1. The maximum absolute atomic E-state index is 9.11. The zero-order chi connectivity index (χ0) is 21.4. The van der Waals surface area contributed by atoms with Crippen LogP contribution in [0.2, 0.25) is 0 Å². The first-order chi connectivity index (χ1) is 15.1. The van der Waals surface area contributed by atoms with Crippen LogP contribution < -0.4 is 10.5 Å². The van der Waals surface area contributed by atoms with Gasteiger partial charge in [0, 0.05) is 36.8 Å². The Balaban J connectivity index is 1.54. The number of pyridine rings is 2. The van der Waals surface area contributed by atoms with E-state index < -0.39 is 0 Å². The van der Waals surface area contributed by atoms with Gasteiger partial charge in [0.2, 0.25) is 0 Å². The molecule has 0 saturated carbocycles. The molecule has 1 aliphatic heterocycles. The lowest BCUT2D eigenvalue weighted by atomic mass is 10.1. The number of ether oxygens (including phenoxy) is 1. The molecule has 1 fully saturated rings. The molecule has 1 aromatic carbocycles. The molecular formula is C23H26N6O2. The third-order valence-corrected chi connectivity index (χ3v) is 5.97. The molecule has 8 heteroatoms. The minimum Gasteiger partial charge on any atom is -0.489 e. The number of nitrogens with two attached hydrogens (primary N) is 1. The van der Waals surface area contributed by atoms with Crippen molar-refractivity contribution in [2.45, 2.75) is 25.4 Å². The molecule has 0 unspecified atom stereocenters. The van der Waals surface area contributed by atoms with E-state index in [1.807, 2.05) is 40.8 Å². The van der Waals surface area contributed by atoms with Crippen LogP contribution in [0, 0.1) is 0 Å². The molecule has 2 atom stereocenters. The maximum atomic E-state index is 9.11. The van der Waals surface area contributed by atoms with Crippen LogP contribution in [0.1, 0.15) is 24.9 Å². The van der Waals surface area contributed by atoms with Crippen LogP contribution in [0.15, 0.2) is 48.7 Å².